The molecule has 0 saturated carbocycles. The monoisotopic (exact) mass is 336 g/mol. The third-order valence-corrected chi connectivity index (χ3v) is 3.25. The largest absolute Gasteiger partial charge is 0.502 e. The van der Waals surface area contributed by atoms with Gasteiger partial charge in [0.1, 0.15) is 12.7 Å². The van der Waals surface area contributed by atoms with E-state index in [4.69, 9.17) is 4.74 Å². The van der Waals surface area contributed by atoms with Gasteiger partial charge in [-0.3, -0.25) is 0 Å². The van der Waals surface area contributed by atoms with Crippen molar-refractivity contribution in [3.8, 4) is 17.6 Å². The van der Waals surface area contributed by atoms with Gasteiger partial charge in [0.05, 0.1) is 5.69 Å². The number of pyridine rings is 1. The lowest BCUT2D eigenvalue weighted by Gasteiger charge is -2.11. The molecule has 1 N–H and O–H groups in total. The van der Waals surface area contributed by atoms with Crippen LogP contribution < -0.4 is 4.74 Å². The molecule has 4 heteroatoms. The first-order chi connectivity index (χ1) is 12.2. The molecular weight excluding hydrogens is 312 g/mol. The molecule has 1 aromatic carbocycles. The van der Waals surface area contributed by atoms with Gasteiger partial charge < -0.3 is 9.84 Å². The highest BCUT2D eigenvalue weighted by Crippen LogP contribution is 2.32. The van der Waals surface area contributed by atoms with E-state index in [0.717, 1.165) is 11.1 Å². The van der Waals surface area contributed by atoms with Crippen LogP contribution in [0.5, 0.6) is 11.5 Å². The summed E-state index contributed by atoms with van der Waals surface area (Å²) < 4.78 is 5.69. The van der Waals surface area contributed by atoms with E-state index in [2.05, 4.69) is 4.98 Å². The van der Waals surface area contributed by atoms with Gasteiger partial charge in [0, 0.05) is 6.07 Å². The van der Waals surface area contributed by atoms with E-state index < -0.39 is 0 Å². The first-order valence-electron chi connectivity index (χ1n) is 8.29. The van der Waals surface area contributed by atoms with Crippen molar-refractivity contribution >= 4 is 5.57 Å². The zero-order valence-corrected chi connectivity index (χ0v) is 15.2. The maximum atomic E-state index is 10.1. The molecule has 0 saturated heterocycles. The molecule has 0 amide bonds. The van der Waals surface area contributed by atoms with E-state index in [9.17, 15) is 10.4 Å². The minimum atomic E-state index is -0.233. The maximum absolute atomic E-state index is 10.1. The number of aromatic nitrogens is 1. The van der Waals surface area contributed by atoms with E-state index in [1.807, 2.05) is 82.3 Å². The molecule has 2 aromatic rings. The highest BCUT2D eigenvalue weighted by Gasteiger charge is 2.14. The van der Waals surface area contributed by atoms with Crippen LogP contribution >= 0.6 is 0 Å². The molecule has 0 radical (unpaired) electrons. The number of hydrogen-bond donors (Lipinski definition) is 1. The van der Waals surface area contributed by atoms with Gasteiger partial charge in [0.15, 0.2) is 17.2 Å². The Morgan fingerprint density at radius 1 is 1.24 bits per heavy atom. The standard InChI is InChI=1S/C19H18N2O2.C2H6/c1-3-8-15(4-2)16-11-18(19(22)17(12-20)21-16)23-13-14-9-6-5-7-10-14;1-2/h3-11,22H,13H2,1-2H3;1-2H3/b8-3-,15-4+;. The zero-order valence-electron chi connectivity index (χ0n) is 15.2. The number of ether oxygens (including phenoxy) is 1. The van der Waals surface area contributed by atoms with Crippen molar-refractivity contribution in [2.45, 2.75) is 34.3 Å². The Bertz CT molecular complexity index is 772. The minimum absolute atomic E-state index is 0.0468. The van der Waals surface area contributed by atoms with Crippen molar-refractivity contribution in [3.63, 3.8) is 0 Å². The second kappa shape index (κ2) is 10.7. The topological polar surface area (TPSA) is 66.1 Å². The highest BCUT2D eigenvalue weighted by molar-refractivity contribution is 5.73. The summed E-state index contributed by atoms with van der Waals surface area (Å²) in [6.45, 7) is 8.10. The van der Waals surface area contributed by atoms with E-state index in [1.54, 1.807) is 6.07 Å². The summed E-state index contributed by atoms with van der Waals surface area (Å²) >= 11 is 0. The predicted octanol–water partition coefficient (Wildman–Crippen LogP) is 5.24. The van der Waals surface area contributed by atoms with Gasteiger partial charge >= 0.3 is 0 Å². The van der Waals surface area contributed by atoms with Crippen molar-refractivity contribution < 1.29 is 9.84 Å². The molecule has 0 unspecified atom stereocenters. The summed E-state index contributed by atoms with van der Waals surface area (Å²) in [6, 6.07) is 13.2. The number of hydrogen-bond acceptors (Lipinski definition) is 4. The lowest BCUT2D eigenvalue weighted by Crippen LogP contribution is -1.99. The number of benzene rings is 1. The molecule has 1 aromatic heterocycles. The Morgan fingerprint density at radius 2 is 1.92 bits per heavy atom. The Morgan fingerprint density at radius 3 is 2.48 bits per heavy atom. The molecule has 0 spiro atoms. The average molecular weight is 336 g/mol. The lowest BCUT2D eigenvalue weighted by molar-refractivity contribution is 0.288. The summed E-state index contributed by atoms with van der Waals surface area (Å²) in [5.41, 5.74) is 2.37. The predicted molar refractivity (Wildman–Crippen MR) is 101 cm³/mol. The summed E-state index contributed by atoms with van der Waals surface area (Å²) in [6.07, 6.45) is 5.67. The Hall–Kier alpha value is -3.06. The second-order valence-corrected chi connectivity index (χ2v) is 4.83. The number of nitrogens with zero attached hydrogens (tertiary/aromatic N) is 2. The van der Waals surface area contributed by atoms with Gasteiger partial charge in [0.2, 0.25) is 0 Å². The van der Waals surface area contributed by atoms with E-state index in [1.165, 1.54) is 0 Å². The summed E-state index contributed by atoms with van der Waals surface area (Å²) in [7, 11) is 0. The smallest absolute Gasteiger partial charge is 0.195 e. The van der Waals surface area contributed by atoms with Crippen LogP contribution in [0.4, 0.5) is 0 Å². The quantitative estimate of drug-likeness (QED) is 0.758. The third kappa shape index (κ3) is 5.50. The van der Waals surface area contributed by atoms with Crippen LogP contribution in [0.2, 0.25) is 0 Å². The SMILES string of the molecule is C/C=C\C(=C/C)c1cc(OCc2ccccc2)c(O)c(C#N)n1.CC. The van der Waals surface area contributed by atoms with Crippen molar-refractivity contribution in [2.24, 2.45) is 0 Å². The Labute approximate surface area is 149 Å². The summed E-state index contributed by atoms with van der Waals surface area (Å²) in [5, 5.41) is 19.3. The van der Waals surface area contributed by atoms with Crippen LogP contribution in [0.1, 0.15) is 44.6 Å². The van der Waals surface area contributed by atoms with E-state index in [0.29, 0.717) is 12.3 Å². The van der Waals surface area contributed by atoms with Gasteiger partial charge in [0.25, 0.3) is 0 Å². The van der Waals surface area contributed by atoms with Crippen molar-refractivity contribution in [1.82, 2.24) is 4.98 Å². The molecule has 0 atom stereocenters. The van der Waals surface area contributed by atoms with Crippen LogP contribution in [0, 0.1) is 11.3 Å². The van der Waals surface area contributed by atoms with Gasteiger partial charge in [-0.15, -0.1) is 0 Å². The Balaban J connectivity index is 0.00000151. The van der Waals surface area contributed by atoms with Crippen molar-refractivity contribution in [3.05, 3.63) is 71.6 Å². The fraction of sp³-hybridized carbons (Fsp3) is 0.238. The fourth-order valence-electron chi connectivity index (χ4n) is 2.10. The third-order valence-electron chi connectivity index (χ3n) is 3.25. The summed E-state index contributed by atoms with van der Waals surface area (Å²) in [4.78, 5) is 4.19. The van der Waals surface area contributed by atoms with Crippen LogP contribution in [-0.2, 0) is 6.61 Å². The average Bonchev–Trinajstić information content (AvgIpc) is 2.67. The minimum Gasteiger partial charge on any atom is -0.502 e. The number of aromatic hydroxyl groups is 1. The first-order valence-corrected chi connectivity index (χ1v) is 8.29. The van der Waals surface area contributed by atoms with Crippen LogP contribution in [0.15, 0.2) is 54.6 Å². The molecule has 0 aliphatic carbocycles. The lowest BCUT2D eigenvalue weighted by atomic mass is 10.1. The van der Waals surface area contributed by atoms with Gasteiger partial charge in [-0.1, -0.05) is 62.4 Å². The molecule has 0 aliphatic heterocycles. The van der Waals surface area contributed by atoms with Gasteiger partial charge in [-0.25, -0.2) is 4.98 Å². The van der Waals surface area contributed by atoms with Crippen molar-refractivity contribution in [2.75, 3.05) is 0 Å². The van der Waals surface area contributed by atoms with E-state index in [-0.39, 0.29) is 17.2 Å². The van der Waals surface area contributed by atoms with E-state index >= 15 is 0 Å². The fourth-order valence-corrected chi connectivity index (χ4v) is 2.10. The second-order valence-electron chi connectivity index (χ2n) is 4.83. The molecule has 0 bridgehead atoms. The van der Waals surface area contributed by atoms with Crippen LogP contribution in [-0.4, -0.2) is 10.1 Å². The van der Waals surface area contributed by atoms with Gasteiger partial charge in [-0.05, 0) is 25.0 Å². The molecule has 25 heavy (non-hydrogen) atoms. The molecule has 0 aliphatic rings. The van der Waals surface area contributed by atoms with Crippen LogP contribution in [0.25, 0.3) is 5.57 Å². The number of allylic oxidation sites excluding steroid dienone is 4. The highest BCUT2D eigenvalue weighted by atomic mass is 16.5. The Kier molecular flexibility index (Phi) is 8.53. The summed E-state index contributed by atoms with van der Waals surface area (Å²) in [5.74, 6) is 0.0161. The number of nitriles is 1. The normalized spacial score (nSPS) is 10.8. The molecule has 2 rings (SSSR count). The molecule has 4 nitrogen and oxygen atoms in total. The molecule has 1 heterocycles. The first kappa shape index (κ1) is 20.0. The molecule has 130 valence electrons. The molecule has 0 fully saturated rings. The number of rotatable bonds is 5. The zero-order chi connectivity index (χ0) is 18.7. The van der Waals surface area contributed by atoms with Crippen LogP contribution in [0.3, 0.4) is 0 Å². The van der Waals surface area contributed by atoms with Crippen molar-refractivity contribution in [1.29, 1.82) is 5.26 Å². The van der Waals surface area contributed by atoms with Gasteiger partial charge in [-0.2, -0.15) is 5.26 Å². The maximum Gasteiger partial charge on any atom is 0.195 e. The molecular formula is C21H24N2O2.